The summed E-state index contributed by atoms with van der Waals surface area (Å²) in [5, 5.41) is 23.1. The molecule has 0 unspecified atom stereocenters. The van der Waals surface area contributed by atoms with Gasteiger partial charge in [0.05, 0.1) is 26.4 Å². The fourth-order valence-electron chi connectivity index (χ4n) is 4.94. The molecule has 4 N–H and O–H groups in total. The highest BCUT2D eigenvalue weighted by molar-refractivity contribution is 5.84. The summed E-state index contributed by atoms with van der Waals surface area (Å²) >= 11 is 0. The summed E-state index contributed by atoms with van der Waals surface area (Å²) in [5.74, 6) is -1.35. The van der Waals surface area contributed by atoms with Crippen molar-refractivity contribution >= 4 is 29.4 Å². The van der Waals surface area contributed by atoms with E-state index in [-0.39, 0.29) is 31.0 Å². The van der Waals surface area contributed by atoms with Crippen molar-refractivity contribution in [3.8, 4) is 0 Å². The fourth-order valence-corrected chi connectivity index (χ4v) is 4.94. The topological polar surface area (TPSA) is 178 Å². The zero-order valence-electron chi connectivity index (χ0n) is 29.0. The molecule has 0 radical (unpaired) electrons. The van der Waals surface area contributed by atoms with E-state index in [4.69, 9.17) is 24.4 Å². The third kappa shape index (κ3) is 33.3. The van der Waals surface area contributed by atoms with E-state index in [9.17, 15) is 24.0 Å². The minimum Gasteiger partial charge on any atom is -0.481 e. The lowest BCUT2D eigenvalue weighted by atomic mass is 10.0. The number of hydrogen-bond acceptors (Lipinski definition) is 9. The Morgan fingerprint density at radius 3 is 1.45 bits per heavy atom. The zero-order valence-corrected chi connectivity index (χ0v) is 29.0. The van der Waals surface area contributed by atoms with Crippen LogP contribution in [0, 0.1) is 0 Å². The fraction of sp³-hybridized carbons (Fsp3) is 0.857. The Morgan fingerprint density at radius 1 is 0.511 bits per heavy atom. The minimum atomic E-state index is -0.877. The van der Waals surface area contributed by atoms with Gasteiger partial charge in [-0.2, -0.15) is 0 Å². The molecular formula is C35H64N2O10. The van der Waals surface area contributed by atoms with E-state index in [0.29, 0.717) is 90.5 Å². The molecule has 0 bridgehead atoms. The van der Waals surface area contributed by atoms with Gasteiger partial charge in [-0.15, -0.1) is 0 Å². The molecule has 12 nitrogen and oxygen atoms in total. The molecule has 0 aromatic rings. The van der Waals surface area contributed by atoms with Crippen LogP contribution in [0.4, 0.5) is 0 Å². The van der Waals surface area contributed by atoms with Crippen LogP contribution in [-0.4, -0.2) is 98.9 Å². The highest BCUT2D eigenvalue weighted by atomic mass is 16.5. The number of rotatable bonds is 37. The van der Waals surface area contributed by atoms with E-state index in [2.05, 4.69) is 10.6 Å². The number of ketones is 2. The quantitative estimate of drug-likeness (QED) is 0.0635. The average molecular weight is 673 g/mol. The van der Waals surface area contributed by atoms with Crippen molar-refractivity contribution in [1.82, 2.24) is 10.6 Å². The van der Waals surface area contributed by atoms with Crippen LogP contribution in [0.15, 0.2) is 0 Å². The summed E-state index contributed by atoms with van der Waals surface area (Å²) in [4.78, 5) is 57.3. The van der Waals surface area contributed by atoms with Crippen LogP contribution < -0.4 is 10.6 Å². The number of carbonyl (C=O) groups is 5. The smallest absolute Gasteiger partial charge is 0.320 e. The Kier molecular flexibility index (Phi) is 31.8. The van der Waals surface area contributed by atoms with Gasteiger partial charge in [-0.1, -0.05) is 38.5 Å². The summed E-state index contributed by atoms with van der Waals surface area (Å²) in [7, 11) is 1.61. The second-order valence-electron chi connectivity index (χ2n) is 12.1. The Balaban J connectivity index is 3.35. The SMILES string of the molecule is CN[C@@H](CCCCNC(=O)CCC(=O)CCCCOCCOCCOCCCCC(=O)CCCCCCCCCCC(=O)O)C(=O)O. The predicted molar refractivity (Wildman–Crippen MR) is 181 cm³/mol. The molecule has 0 rings (SSSR count). The lowest BCUT2D eigenvalue weighted by Crippen LogP contribution is -2.33. The van der Waals surface area contributed by atoms with Gasteiger partial charge in [0.2, 0.25) is 5.91 Å². The predicted octanol–water partition coefficient (Wildman–Crippen LogP) is 5.24. The molecule has 0 spiro atoms. The number of ether oxygens (including phenoxy) is 3. The number of carboxylic acid groups (broad SMARTS) is 2. The Bertz CT molecular complexity index is 824. The standard InChI is InChI=1S/C35H64N2O10/c1-36-32(35(43)44)19-10-13-23-37-33(40)22-21-31(39)18-12-15-25-46-27-29-47-28-26-45-24-14-11-17-30(38)16-8-6-4-2-3-5-7-9-20-34(41)42/h32,36H,2-29H2,1H3,(H,37,40)(H,41,42)(H,43,44)/t32-/m0/s1. The van der Waals surface area contributed by atoms with Crippen molar-refractivity contribution in [1.29, 1.82) is 0 Å². The van der Waals surface area contributed by atoms with E-state index in [1.807, 2.05) is 0 Å². The molecule has 0 heterocycles. The number of aliphatic carboxylic acids is 2. The van der Waals surface area contributed by atoms with Crippen molar-refractivity contribution in [2.75, 3.05) is 53.2 Å². The lowest BCUT2D eigenvalue weighted by molar-refractivity contribution is -0.139. The molecule has 47 heavy (non-hydrogen) atoms. The lowest BCUT2D eigenvalue weighted by Gasteiger charge is -2.10. The third-order valence-corrected chi connectivity index (χ3v) is 7.85. The number of carbonyl (C=O) groups excluding carboxylic acids is 3. The van der Waals surface area contributed by atoms with Crippen LogP contribution >= 0.6 is 0 Å². The molecule has 0 aliphatic carbocycles. The summed E-state index contributed by atoms with van der Waals surface area (Å²) in [6, 6.07) is -0.570. The summed E-state index contributed by atoms with van der Waals surface area (Å²) < 4.78 is 16.6. The third-order valence-electron chi connectivity index (χ3n) is 7.85. The van der Waals surface area contributed by atoms with Gasteiger partial charge in [0.15, 0.2) is 0 Å². The van der Waals surface area contributed by atoms with E-state index in [1.54, 1.807) is 7.05 Å². The Labute approximate surface area is 282 Å². The van der Waals surface area contributed by atoms with Crippen molar-refractivity contribution in [3.63, 3.8) is 0 Å². The molecule has 0 aliphatic rings. The molecule has 1 atom stereocenters. The maximum atomic E-state index is 12.0. The second kappa shape index (κ2) is 33.5. The van der Waals surface area contributed by atoms with Gasteiger partial charge in [-0.05, 0) is 64.8 Å². The zero-order chi connectivity index (χ0) is 34.8. The van der Waals surface area contributed by atoms with Crippen molar-refractivity contribution in [3.05, 3.63) is 0 Å². The molecule has 0 aromatic heterocycles. The number of amides is 1. The van der Waals surface area contributed by atoms with E-state index in [0.717, 1.165) is 77.0 Å². The van der Waals surface area contributed by atoms with Gasteiger partial charge < -0.3 is 35.1 Å². The van der Waals surface area contributed by atoms with Gasteiger partial charge in [0, 0.05) is 58.3 Å². The first-order valence-corrected chi connectivity index (χ1v) is 17.9. The molecule has 0 aliphatic heterocycles. The molecule has 12 heteroatoms. The number of carboxylic acids is 2. The van der Waals surface area contributed by atoms with Gasteiger partial charge in [0.1, 0.15) is 17.6 Å². The number of likely N-dealkylation sites (N-methyl/N-ethyl adjacent to an activating group) is 1. The first-order valence-electron chi connectivity index (χ1n) is 17.9. The van der Waals surface area contributed by atoms with Gasteiger partial charge in [0.25, 0.3) is 0 Å². The van der Waals surface area contributed by atoms with Crippen LogP contribution in [0.1, 0.15) is 135 Å². The second-order valence-corrected chi connectivity index (χ2v) is 12.1. The molecule has 1 amide bonds. The molecule has 0 fully saturated rings. The molecule has 274 valence electrons. The van der Waals surface area contributed by atoms with Crippen LogP contribution in [0.25, 0.3) is 0 Å². The van der Waals surface area contributed by atoms with E-state index >= 15 is 0 Å². The number of hydrogen-bond donors (Lipinski definition) is 4. The number of Topliss-reactive ketones (excluding diaryl/α,β-unsaturated/α-hetero) is 2. The average Bonchev–Trinajstić information content (AvgIpc) is 3.04. The molecule has 0 saturated carbocycles. The maximum absolute atomic E-state index is 12.0. The highest BCUT2D eigenvalue weighted by Crippen LogP contribution is 2.12. The van der Waals surface area contributed by atoms with Crippen LogP contribution in [0.5, 0.6) is 0 Å². The first kappa shape index (κ1) is 44.6. The van der Waals surface area contributed by atoms with Crippen molar-refractivity contribution < 1.29 is 48.4 Å². The van der Waals surface area contributed by atoms with E-state index in [1.165, 1.54) is 0 Å². The molecule has 0 saturated heterocycles. The first-order chi connectivity index (χ1) is 22.8. The summed E-state index contributed by atoms with van der Waals surface area (Å²) in [6.07, 6.45) is 15.8. The largest absolute Gasteiger partial charge is 0.481 e. The normalized spacial score (nSPS) is 11.8. The summed E-state index contributed by atoms with van der Waals surface area (Å²) in [6.45, 7) is 3.62. The Hall–Kier alpha value is -2.41. The van der Waals surface area contributed by atoms with Gasteiger partial charge in [-0.25, -0.2) is 0 Å². The van der Waals surface area contributed by atoms with Crippen LogP contribution in [0.3, 0.4) is 0 Å². The Morgan fingerprint density at radius 2 is 0.957 bits per heavy atom. The van der Waals surface area contributed by atoms with Crippen molar-refractivity contribution in [2.24, 2.45) is 0 Å². The highest BCUT2D eigenvalue weighted by Gasteiger charge is 2.13. The summed E-state index contributed by atoms with van der Waals surface area (Å²) in [5.41, 5.74) is 0. The van der Waals surface area contributed by atoms with Gasteiger partial charge >= 0.3 is 11.9 Å². The monoisotopic (exact) mass is 672 g/mol. The van der Waals surface area contributed by atoms with Crippen LogP contribution in [-0.2, 0) is 38.2 Å². The van der Waals surface area contributed by atoms with Crippen LogP contribution in [0.2, 0.25) is 0 Å². The number of unbranched alkanes of at least 4 members (excludes halogenated alkanes) is 10. The van der Waals surface area contributed by atoms with E-state index < -0.39 is 18.0 Å². The molecule has 0 aromatic carbocycles. The maximum Gasteiger partial charge on any atom is 0.320 e. The number of nitrogens with one attached hydrogen (secondary N) is 2. The van der Waals surface area contributed by atoms with Crippen molar-refractivity contribution in [2.45, 2.75) is 141 Å². The molecular weight excluding hydrogens is 608 g/mol. The minimum absolute atomic E-state index is 0.0653. The van der Waals surface area contributed by atoms with Gasteiger partial charge in [-0.3, -0.25) is 24.0 Å².